The van der Waals surface area contributed by atoms with E-state index in [-0.39, 0.29) is 31.1 Å². The molecule has 0 aliphatic heterocycles. The molecular weight excluding hydrogens is 737 g/mol. The quantitative estimate of drug-likeness (QED) is 0.131. The van der Waals surface area contributed by atoms with Crippen molar-refractivity contribution in [3.05, 3.63) is 156 Å². The van der Waals surface area contributed by atoms with E-state index >= 15 is 0 Å². The molecule has 3 heteroatoms. The molecule has 2 aromatic heterocycles. The molecular formula is C43H38IrN2-2. The Kier molecular flexibility index (Phi) is 9.04. The van der Waals surface area contributed by atoms with Gasteiger partial charge in [0, 0.05) is 36.6 Å². The maximum absolute atomic E-state index is 7.23. The van der Waals surface area contributed by atoms with Crippen LogP contribution >= 0.6 is 0 Å². The number of hydrogen-bond donors (Lipinski definition) is 0. The summed E-state index contributed by atoms with van der Waals surface area (Å²) in [5.41, 5.74) is 9.16. The van der Waals surface area contributed by atoms with Gasteiger partial charge in [-0.2, -0.15) is 0 Å². The van der Waals surface area contributed by atoms with Gasteiger partial charge in [0.15, 0.2) is 0 Å². The summed E-state index contributed by atoms with van der Waals surface area (Å²) in [4.78, 5) is 8.88. The van der Waals surface area contributed by atoms with Crippen LogP contribution in [-0.2, 0) is 26.5 Å². The molecule has 0 aliphatic carbocycles. The predicted octanol–water partition coefficient (Wildman–Crippen LogP) is 11.3. The zero-order chi connectivity index (χ0) is 33.9. The second kappa shape index (κ2) is 14.3. The van der Waals surface area contributed by atoms with E-state index in [1.54, 1.807) is 18.2 Å². The van der Waals surface area contributed by atoms with E-state index in [2.05, 4.69) is 118 Å². The van der Waals surface area contributed by atoms with Gasteiger partial charge in [0.1, 0.15) is 0 Å². The standard InChI is InChI=1S/C31H28N.C12H10N.Ir/c1-21-20-32-30(18-25(21)19-31(2,3)4)24-12-9-11-22(16-24)29-17-23-10-5-6-13-26(23)27-14-7-8-15-28(27)29;1-10-7-8-12(13-9-10)11-5-3-2-4-6-11;/h5-11,13-18,20H,19H2,1-4H3;2-5,7-9H,1H3;/q2*-1;/i;1D3;. The number of hydrogen-bond acceptors (Lipinski definition) is 2. The van der Waals surface area contributed by atoms with Crippen LogP contribution in [-0.4, -0.2) is 9.97 Å². The summed E-state index contributed by atoms with van der Waals surface area (Å²) in [7, 11) is 0. The van der Waals surface area contributed by atoms with Crippen molar-refractivity contribution in [1.29, 1.82) is 0 Å². The van der Waals surface area contributed by atoms with Gasteiger partial charge in [0.2, 0.25) is 0 Å². The van der Waals surface area contributed by atoms with Crippen molar-refractivity contribution in [2.45, 2.75) is 41.0 Å². The topological polar surface area (TPSA) is 25.8 Å². The van der Waals surface area contributed by atoms with Gasteiger partial charge in [-0.15, -0.1) is 71.3 Å². The Hall–Kier alpha value is -4.43. The number of aromatic nitrogens is 2. The molecule has 0 aliphatic rings. The average Bonchev–Trinajstić information content (AvgIpc) is 3.09. The van der Waals surface area contributed by atoms with E-state index in [0.29, 0.717) is 0 Å². The van der Waals surface area contributed by atoms with Crippen LogP contribution in [0, 0.1) is 31.3 Å². The molecule has 1 radical (unpaired) electrons. The van der Waals surface area contributed by atoms with E-state index in [0.717, 1.165) is 28.9 Å². The fourth-order valence-corrected chi connectivity index (χ4v) is 5.66. The first-order valence-electron chi connectivity index (χ1n) is 16.8. The molecule has 2 heterocycles. The van der Waals surface area contributed by atoms with Crippen molar-refractivity contribution in [2.24, 2.45) is 5.41 Å². The minimum Gasteiger partial charge on any atom is -0.304 e. The van der Waals surface area contributed by atoms with Gasteiger partial charge in [0.05, 0.1) is 0 Å². The third kappa shape index (κ3) is 7.68. The molecule has 0 fully saturated rings. The molecule has 2 nitrogen and oxygen atoms in total. The van der Waals surface area contributed by atoms with Gasteiger partial charge in [-0.1, -0.05) is 93.1 Å². The molecule has 0 unspecified atom stereocenters. The smallest absolute Gasteiger partial charge is 0.0280 e. The molecule has 46 heavy (non-hydrogen) atoms. The largest absolute Gasteiger partial charge is 0.304 e. The zero-order valence-corrected chi connectivity index (χ0v) is 29.0. The summed E-state index contributed by atoms with van der Waals surface area (Å²) >= 11 is 0. The van der Waals surface area contributed by atoms with Crippen LogP contribution in [0.1, 0.15) is 41.6 Å². The van der Waals surface area contributed by atoms with Gasteiger partial charge in [-0.25, -0.2) is 0 Å². The predicted molar refractivity (Wildman–Crippen MR) is 190 cm³/mol. The molecule has 231 valence electrons. The van der Waals surface area contributed by atoms with Crippen LogP contribution in [0.15, 0.2) is 128 Å². The molecule has 0 spiro atoms. The number of rotatable bonds is 4. The summed E-state index contributed by atoms with van der Waals surface area (Å²) < 4.78 is 21.7. The Morgan fingerprint density at radius 1 is 0.674 bits per heavy atom. The van der Waals surface area contributed by atoms with Crippen molar-refractivity contribution in [3.63, 3.8) is 0 Å². The van der Waals surface area contributed by atoms with E-state index < -0.39 is 6.85 Å². The summed E-state index contributed by atoms with van der Waals surface area (Å²) in [5, 5.41) is 5.11. The number of aryl methyl sites for hydroxylation is 2. The Labute approximate surface area is 291 Å². The van der Waals surface area contributed by atoms with Crippen LogP contribution in [0.5, 0.6) is 0 Å². The van der Waals surface area contributed by atoms with Gasteiger partial charge < -0.3 is 9.97 Å². The molecule has 5 aromatic carbocycles. The second-order valence-corrected chi connectivity index (χ2v) is 12.6. The molecule has 0 amide bonds. The Morgan fingerprint density at radius 3 is 2.11 bits per heavy atom. The third-order valence-corrected chi connectivity index (χ3v) is 7.84. The summed E-state index contributed by atoms with van der Waals surface area (Å²) in [6, 6.07) is 45.5. The van der Waals surface area contributed by atoms with Crippen LogP contribution < -0.4 is 0 Å². The minimum absolute atomic E-state index is 0. The van der Waals surface area contributed by atoms with Crippen molar-refractivity contribution in [2.75, 3.05) is 0 Å². The molecule has 0 saturated heterocycles. The van der Waals surface area contributed by atoms with E-state index in [1.807, 2.05) is 30.5 Å². The minimum atomic E-state index is -2.09. The number of nitrogens with zero attached hydrogens (tertiary/aromatic N) is 2. The number of benzene rings is 5. The first-order valence-corrected chi connectivity index (χ1v) is 15.3. The van der Waals surface area contributed by atoms with Gasteiger partial charge in [0.25, 0.3) is 0 Å². The maximum atomic E-state index is 7.23. The van der Waals surface area contributed by atoms with Crippen molar-refractivity contribution >= 4 is 21.5 Å². The summed E-state index contributed by atoms with van der Waals surface area (Å²) in [6.07, 6.45) is 4.43. The van der Waals surface area contributed by atoms with Crippen LogP contribution in [0.4, 0.5) is 0 Å². The van der Waals surface area contributed by atoms with Gasteiger partial charge >= 0.3 is 0 Å². The fourth-order valence-electron chi connectivity index (χ4n) is 5.66. The molecule has 0 bridgehead atoms. The fraction of sp³-hybridized carbons (Fsp3) is 0.163. The second-order valence-electron chi connectivity index (χ2n) is 12.6. The van der Waals surface area contributed by atoms with Crippen molar-refractivity contribution < 1.29 is 24.2 Å². The van der Waals surface area contributed by atoms with Crippen LogP contribution in [0.25, 0.3) is 55.2 Å². The van der Waals surface area contributed by atoms with E-state index in [4.69, 9.17) is 9.10 Å². The SMILES string of the molecule is Cc1cnc(-c2[c-]ccc(-c3cc4ccccc4c4ccccc34)c2)cc1CC(C)(C)C.[2H]C([2H])([2H])c1ccc(-c2[c-]cccc2)nc1.[Ir]. The molecule has 7 rings (SSSR count). The first-order chi connectivity index (χ1) is 23.0. The van der Waals surface area contributed by atoms with Gasteiger partial charge in [-0.05, 0) is 81.3 Å². The first kappa shape index (κ1) is 29.0. The summed E-state index contributed by atoms with van der Waals surface area (Å²) in [5.74, 6) is 0. The van der Waals surface area contributed by atoms with Crippen molar-refractivity contribution in [1.82, 2.24) is 9.97 Å². The molecule has 0 atom stereocenters. The number of fused-ring (bicyclic) bond motifs is 3. The maximum Gasteiger partial charge on any atom is 0.0280 e. The van der Waals surface area contributed by atoms with E-state index in [1.165, 1.54) is 50.0 Å². The van der Waals surface area contributed by atoms with Crippen LogP contribution in [0.3, 0.4) is 0 Å². The summed E-state index contributed by atoms with van der Waals surface area (Å²) in [6.45, 7) is 6.91. The Bertz CT molecular complexity index is 2190. The molecule has 0 N–H and O–H groups in total. The van der Waals surface area contributed by atoms with Gasteiger partial charge in [-0.3, -0.25) is 0 Å². The van der Waals surface area contributed by atoms with E-state index in [9.17, 15) is 0 Å². The Morgan fingerprint density at radius 2 is 1.39 bits per heavy atom. The Balaban J connectivity index is 0.000000233. The molecule has 7 aromatic rings. The monoisotopic (exact) mass is 778 g/mol. The number of pyridine rings is 2. The van der Waals surface area contributed by atoms with Crippen molar-refractivity contribution in [3.8, 4) is 33.6 Å². The normalized spacial score (nSPS) is 12.3. The van der Waals surface area contributed by atoms with Crippen LogP contribution in [0.2, 0.25) is 0 Å². The zero-order valence-electron chi connectivity index (χ0n) is 29.6. The third-order valence-electron chi connectivity index (χ3n) is 7.84. The average molecular weight is 778 g/mol. The molecule has 0 saturated carbocycles.